The second kappa shape index (κ2) is 7.45. The van der Waals surface area contributed by atoms with Crippen LogP contribution in [0.25, 0.3) is 0 Å². The molecule has 2 aromatic carbocycles. The van der Waals surface area contributed by atoms with Gasteiger partial charge in [-0.15, -0.1) is 0 Å². The van der Waals surface area contributed by atoms with Gasteiger partial charge in [-0.3, -0.25) is 10.2 Å². The first-order valence-corrected chi connectivity index (χ1v) is 7.32. The second-order valence-electron chi connectivity index (χ2n) is 5.43. The van der Waals surface area contributed by atoms with Crippen molar-refractivity contribution >= 4 is 17.4 Å². The Morgan fingerprint density at radius 1 is 1.17 bits per heavy atom. The van der Waals surface area contributed by atoms with Crippen LogP contribution < -0.4 is 10.1 Å². The molecule has 0 fully saturated rings. The van der Waals surface area contributed by atoms with Crippen molar-refractivity contribution in [1.82, 2.24) is 4.90 Å². The largest absolute Gasteiger partial charge is 0.487 e. The summed E-state index contributed by atoms with van der Waals surface area (Å²) >= 11 is 0. The summed E-state index contributed by atoms with van der Waals surface area (Å²) in [6.07, 6.45) is 0. The van der Waals surface area contributed by atoms with E-state index in [4.69, 9.17) is 10.1 Å². The molecule has 0 heterocycles. The van der Waals surface area contributed by atoms with E-state index >= 15 is 0 Å². The van der Waals surface area contributed by atoms with Crippen LogP contribution in [-0.2, 0) is 6.61 Å². The van der Waals surface area contributed by atoms with Crippen LogP contribution in [0.5, 0.6) is 5.75 Å². The summed E-state index contributed by atoms with van der Waals surface area (Å²) in [6.45, 7) is 2.05. The van der Waals surface area contributed by atoms with E-state index in [1.54, 1.807) is 39.2 Å². The average molecular weight is 311 g/mol. The van der Waals surface area contributed by atoms with Crippen molar-refractivity contribution in [2.45, 2.75) is 13.5 Å². The molecule has 0 spiro atoms. The fraction of sp³-hybridized carbons (Fsp3) is 0.222. The Balaban J connectivity index is 2.26. The van der Waals surface area contributed by atoms with Crippen molar-refractivity contribution in [3.8, 4) is 5.75 Å². The highest BCUT2D eigenvalue weighted by Gasteiger charge is 2.12. The lowest BCUT2D eigenvalue weighted by Crippen LogP contribution is -2.21. The van der Waals surface area contributed by atoms with Crippen LogP contribution in [0, 0.1) is 5.41 Å². The number of amidine groups is 1. The molecule has 0 aliphatic rings. The maximum absolute atomic E-state index is 12.1. The zero-order valence-corrected chi connectivity index (χ0v) is 13.6. The molecule has 5 heteroatoms. The summed E-state index contributed by atoms with van der Waals surface area (Å²) < 4.78 is 5.86. The minimum atomic E-state index is -0.0901. The van der Waals surface area contributed by atoms with Crippen molar-refractivity contribution in [2.24, 2.45) is 0 Å². The molecule has 0 aliphatic carbocycles. The quantitative estimate of drug-likeness (QED) is 0.657. The second-order valence-corrected chi connectivity index (χ2v) is 5.43. The monoisotopic (exact) mass is 311 g/mol. The van der Waals surface area contributed by atoms with Gasteiger partial charge in [0.05, 0.1) is 11.5 Å². The van der Waals surface area contributed by atoms with Crippen LogP contribution in [0.2, 0.25) is 0 Å². The van der Waals surface area contributed by atoms with Gasteiger partial charge in [0, 0.05) is 19.7 Å². The van der Waals surface area contributed by atoms with Gasteiger partial charge in [0.25, 0.3) is 5.91 Å². The third-order valence-electron chi connectivity index (χ3n) is 3.19. The van der Waals surface area contributed by atoms with E-state index in [2.05, 4.69) is 5.32 Å². The number of nitrogens with zero attached hydrogens (tertiary/aromatic N) is 1. The zero-order chi connectivity index (χ0) is 16.8. The molecule has 2 aromatic rings. The number of rotatable bonds is 5. The SMILES string of the molecule is CC(=N)Nc1ccc(C(=O)N(C)C)cc1OCc1ccccc1. The fourth-order valence-corrected chi connectivity index (χ4v) is 2.07. The topological polar surface area (TPSA) is 65.4 Å². The Morgan fingerprint density at radius 3 is 2.48 bits per heavy atom. The lowest BCUT2D eigenvalue weighted by atomic mass is 10.1. The maximum atomic E-state index is 12.1. The van der Waals surface area contributed by atoms with Crippen LogP contribution in [0.3, 0.4) is 0 Å². The fourth-order valence-electron chi connectivity index (χ4n) is 2.07. The number of carbonyl (C=O) groups excluding carboxylic acids is 1. The first-order chi connectivity index (χ1) is 11.0. The van der Waals surface area contributed by atoms with Crippen LogP contribution in [-0.4, -0.2) is 30.7 Å². The molecule has 0 atom stereocenters. The molecule has 23 heavy (non-hydrogen) atoms. The summed E-state index contributed by atoms with van der Waals surface area (Å²) in [6, 6.07) is 15.0. The number of nitrogens with one attached hydrogen (secondary N) is 2. The molecule has 1 amide bonds. The van der Waals surface area contributed by atoms with Gasteiger partial charge < -0.3 is 15.0 Å². The number of benzene rings is 2. The summed E-state index contributed by atoms with van der Waals surface area (Å²) in [5.74, 6) is 0.766. The van der Waals surface area contributed by atoms with Crippen LogP contribution >= 0.6 is 0 Å². The Hall–Kier alpha value is -2.82. The third kappa shape index (κ3) is 4.57. The van der Waals surface area contributed by atoms with E-state index in [0.29, 0.717) is 29.4 Å². The molecule has 0 aromatic heterocycles. The van der Waals surface area contributed by atoms with Crippen molar-refractivity contribution in [2.75, 3.05) is 19.4 Å². The van der Waals surface area contributed by atoms with E-state index in [-0.39, 0.29) is 5.91 Å². The van der Waals surface area contributed by atoms with Gasteiger partial charge >= 0.3 is 0 Å². The van der Waals surface area contributed by atoms with E-state index in [1.807, 2.05) is 30.3 Å². The molecule has 0 unspecified atom stereocenters. The third-order valence-corrected chi connectivity index (χ3v) is 3.19. The minimum Gasteiger partial charge on any atom is -0.487 e. The van der Waals surface area contributed by atoms with Gasteiger partial charge in [-0.05, 0) is 30.7 Å². The summed E-state index contributed by atoms with van der Waals surface area (Å²) in [4.78, 5) is 13.6. The summed E-state index contributed by atoms with van der Waals surface area (Å²) in [5, 5.41) is 10.5. The highest BCUT2D eigenvalue weighted by molar-refractivity contribution is 5.97. The number of hydrogen-bond donors (Lipinski definition) is 2. The van der Waals surface area contributed by atoms with E-state index in [1.165, 1.54) is 4.90 Å². The van der Waals surface area contributed by atoms with Crippen LogP contribution in [0.15, 0.2) is 48.5 Å². The molecular weight excluding hydrogens is 290 g/mol. The smallest absolute Gasteiger partial charge is 0.253 e. The lowest BCUT2D eigenvalue weighted by molar-refractivity contribution is 0.0827. The van der Waals surface area contributed by atoms with Gasteiger partial charge in [0.2, 0.25) is 0 Å². The highest BCUT2D eigenvalue weighted by atomic mass is 16.5. The van der Waals surface area contributed by atoms with E-state index in [9.17, 15) is 4.79 Å². The van der Waals surface area contributed by atoms with Crippen LogP contribution in [0.4, 0.5) is 5.69 Å². The predicted octanol–water partition coefficient (Wildman–Crippen LogP) is 3.38. The number of anilines is 1. The Kier molecular flexibility index (Phi) is 5.36. The molecule has 5 nitrogen and oxygen atoms in total. The number of amides is 1. The average Bonchev–Trinajstić information content (AvgIpc) is 2.53. The lowest BCUT2D eigenvalue weighted by Gasteiger charge is -2.16. The number of ether oxygens (including phenoxy) is 1. The Bertz CT molecular complexity index is 697. The molecule has 0 saturated carbocycles. The molecule has 0 bridgehead atoms. The van der Waals surface area contributed by atoms with Gasteiger partial charge in [-0.25, -0.2) is 0 Å². The molecule has 0 radical (unpaired) electrons. The zero-order valence-electron chi connectivity index (χ0n) is 13.6. The molecule has 2 N–H and O–H groups in total. The molecule has 2 rings (SSSR count). The predicted molar refractivity (Wildman–Crippen MR) is 92.3 cm³/mol. The van der Waals surface area contributed by atoms with Crippen LogP contribution in [0.1, 0.15) is 22.8 Å². The summed E-state index contributed by atoms with van der Waals surface area (Å²) in [5.41, 5.74) is 2.25. The Labute approximate surface area is 136 Å². The van der Waals surface area contributed by atoms with E-state index in [0.717, 1.165) is 5.56 Å². The van der Waals surface area contributed by atoms with Gasteiger partial charge in [-0.1, -0.05) is 30.3 Å². The molecule has 120 valence electrons. The minimum absolute atomic E-state index is 0.0901. The molecular formula is C18H21N3O2. The first-order valence-electron chi connectivity index (χ1n) is 7.32. The molecule has 0 aliphatic heterocycles. The highest BCUT2D eigenvalue weighted by Crippen LogP contribution is 2.27. The summed E-state index contributed by atoms with van der Waals surface area (Å²) in [7, 11) is 3.42. The Morgan fingerprint density at radius 2 is 1.87 bits per heavy atom. The van der Waals surface area contributed by atoms with Gasteiger partial charge in [-0.2, -0.15) is 0 Å². The van der Waals surface area contributed by atoms with Gasteiger partial charge in [0.15, 0.2) is 0 Å². The van der Waals surface area contributed by atoms with Crippen molar-refractivity contribution in [3.05, 3.63) is 59.7 Å². The van der Waals surface area contributed by atoms with Gasteiger partial charge in [0.1, 0.15) is 12.4 Å². The number of carbonyl (C=O) groups is 1. The standard InChI is InChI=1S/C18H21N3O2/c1-13(19)20-16-10-9-15(18(22)21(2)3)11-17(16)23-12-14-7-5-4-6-8-14/h4-11H,12H2,1-3H3,(H2,19,20). The molecule has 0 saturated heterocycles. The van der Waals surface area contributed by atoms with Crippen molar-refractivity contribution in [1.29, 1.82) is 5.41 Å². The van der Waals surface area contributed by atoms with Crippen molar-refractivity contribution < 1.29 is 9.53 Å². The van der Waals surface area contributed by atoms with E-state index < -0.39 is 0 Å². The number of hydrogen-bond acceptors (Lipinski definition) is 3. The normalized spacial score (nSPS) is 10.0. The maximum Gasteiger partial charge on any atom is 0.253 e. The van der Waals surface area contributed by atoms with Crippen molar-refractivity contribution in [3.63, 3.8) is 0 Å². The first kappa shape index (κ1) is 16.5.